The van der Waals surface area contributed by atoms with Crippen molar-refractivity contribution in [1.29, 1.82) is 0 Å². The molecule has 6 rings (SSSR count). The maximum Gasteiger partial charge on any atom is 0.0408 e. The lowest BCUT2D eigenvalue weighted by molar-refractivity contribution is 0.282. The van der Waals surface area contributed by atoms with Crippen molar-refractivity contribution < 1.29 is 0 Å². The zero-order valence-electron chi connectivity index (χ0n) is 17.6. The van der Waals surface area contributed by atoms with Crippen molar-refractivity contribution in [2.24, 2.45) is 11.8 Å². The summed E-state index contributed by atoms with van der Waals surface area (Å²) in [7, 11) is 0. The zero-order chi connectivity index (χ0) is 20.7. The molecular weight excluding hydrogens is 372 g/mol. The normalized spacial score (nSPS) is 22.5. The van der Waals surface area contributed by atoms with Gasteiger partial charge in [-0.1, -0.05) is 133 Å². The third-order valence-electron chi connectivity index (χ3n) is 7.73. The molecule has 2 unspecified atom stereocenters. The Hall–Kier alpha value is -3.38. The van der Waals surface area contributed by atoms with Gasteiger partial charge in [-0.25, -0.2) is 0 Å². The fraction of sp³-hybridized carbons (Fsp3) is 0.161. The van der Waals surface area contributed by atoms with Crippen molar-refractivity contribution in [2.75, 3.05) is 0 Å². The molecule has 0 spiro atoms. The highest BCUT2D eigenvalue weighted by molar-refractivity contribution is 5.62. The Balaban J connectivity index is 1.81. The standard InChI is InChI=1S/C31H26/c1-5-13-24(14-6-1)30(25-15-7-2-8-16-25)28-21-22-29(23-28)31(30,26-17-9-3-10-18-26)27-19-11-4-12-20-27/h1-22,28-29H,23H2. The van der Waals surface area contributed by atoms with Gasteiger partial charge in [-0.2, -0.15) is 0 Å². The Morgan fingerprint density at radius 2 is 0.645 bits per heavy atom. The third kappa shape index (κ3) is 2.36. The summed E-state index contributed by atoms with van der Waals surface area (Å²) in [6, 6.07) is 45.0. The van der Waals surface area contributed by atoms with Crippen molar-refractivity contribution in [2.45, 2.75) is 17.3 Å². The third-order valence-corrected chi connectivity index (χ3v) is 7.73. The molecular formula is C31H26. The van der Waals surface area contributed by atoms with Crippen LogP contribution in [0.15, 0.2) is 133 Å². The van der Waals surface area contributed by atoms with E-state index in [1.807, 2.05) is 0 Å². The molecule has 0 amide bonds. The highest BCUT2D eigenvalue weighted by Crippen LogP contribution is 2.69. The smallest absolute Gasteiger partial charge is 0.0408 e. The molecule has 0 N–H and O–H groups in total. The highest BCUT2D eigenvalue weighted by atomic mass is 14.7. The van der Waals surface area contributed by atoms with Gasteiger partial charge in [0.05, 0.1) is 0 Å². The van der Waals surface area contributed by atoms with Gasteiger partial charge in [0.2, 0.25) is 0 Å². The lowest BCUT2D eigenvalue weighted by atomic mass is 9.48. The molecule has 31 heavy (non-hydrogen) atoms. The largest absolute Gasteiger partial charge is 0.0838 e. The van der Waals surface area contributed by atoms with Gasteiger partial charge in [-0.05, 0) is 40.5 Å². The van der Waals surface area contributed by atoms with Gasteiger partial charge in [0.15, 0.2) is 0 Å². The van der Waals surface area contributed by atoms with Gasteiger partial charge in [-0.15, -0.1) is 0 Å². The molecule has 0 heterocycles. The van der Waals surface area contributed by atoms with E-state index in [4.69, 9.17) is 0 Å². The van der Waals surface area contributed by atoms with Crippen molar-refractivity contribution in [3.8, 4) is 0 Å². The van der Waals surface area contributed by atoms with Crippen LogP contribution < -0.4 is 0 Å². The van der Waals surface area contributed by atoms with Gasteiger partial charge in [0, 0.05) is 10.8 Å². The van der Waals surface area contributed by atoms with Crippen LogP contribution in [0.2, 0.25) is 0 Å². The molecule has 0 radical (unpaired) electrons. The van der Waals surface area contributed by atoms with E-state index in [-0.39, 0.29) is 10.8 Å². The Labute approximate surface area is 184 Å². The minimum atomic E-state index is -0.169. The van der Waals surface area contributed by atoms with Crippen LogP contribution in [0.3, 0.4) is 0 Å². The minimum absolute atomic E-state index is 0.169. The highest BCUT2D eigenvalue weighted by Gasteiger charge is 2.68. The molecule has 0 saturated heterocycles. The minimum Gasteiger partial charge on any atom is -0.0838 e. The predicted molar refractivity (Wildman–Crippen MR) is 128 cm³/mol. The van der Waals surface area contributed by atoms with Crippen LogP contribution in [0.25, 0.3) is 0 Å². The number of rotatable bonds is 4. The fourth-order valence-corrected chi connectivity index (χ4v) is 6.83. The molecule has 2 aliphatic carbocycles. The van der Waals surface area contributed by atoms with Crippen LogP contribution in [-0.2, 0) is 10.8 Å². The number of allylic oxidation sites excluding steroid dienone is 2. The summed E-state index contributed by atoms with van der Waals surface area (Å²) < 4.78 is 0. The predicted octanol–water partition coefficient (Wildman–Crippen LogP) is 7.16. The van der Waals surface area contributed by atoms with E-state index in [0.29, 0.717) is 11.8 Å². The van der Waals surface area contributed by atoms with Gasteiger partial charge in [-0.3, -0.25) is 0 Å². The van der Waals surface area contributed by atoms with Gasteiger partial charge >= 0.3 is 0 Å². The molecule has 0 aromatic heterocycles. The molecule has 0 aliphatic heterocycles. The average molecular weight is 399 g/mol. The van der Waals surface area contributed by atoms with E-state index < -0.39 is 0 Å². The quantitative estimate of drug-likeness (QED) is 0.320. The van der Waals surface area contributed by atoms with E-state index in [0.717, 1.165) is 0 Å². The van der Waals surface area contributed by atoms with E-state index in [9.17, 15) is 0 Å². The van der Waals surface area contributed by atoms with Gasteiger partial charge in [0.25, 0.3) is 0 Å². The lowest BCUT2D eigenvalue weighted by Gasteiger charge is -2.53. The summed E-state index contributed by atoms with van der Waals surface area (Å²) in [4.78, 5) is 0. The Kier molecular flexibility index (Phi) is 4.21. The molecule has 2 aliphatic rings. The number of hydrogen-bond donors (Lipinski definition) is 0. The first-order valence-corrected chi connectivity index (χ1v) is 11.3. The van der Waals surface area contributed by atoms with Gasteiger partial charge in [0.1, 0.15) is 0 Å². The van der Waals surface area contributed by atoms with Crippen molar-refractivity contribution in [3.63, 3.8) is 0 Å². The SMILES string of the molecule is C1=CC2CC1C(c1ccccc1)(c1ccccc1)C2(c1ccccc1)c1ccccc1. The molecule has 2 bridgehead atoms. The molecule has 4 aromatic carbocycles. The monoisotopic (exact) mass is 398 g/mol. The van der Waals surface area contributed by atoms with E-state index in [2.05, 4.69) is 133 Å². The maximum absolute atomic E-state index is 2.49. The first kappa shape index (κ1) is 18.4. The molecule has 1 fully saturated rings. The summed E-state index contributed by atoms with van der Waals surface area (Å²) in [5.41, 5.74) is 5.29. The molecule has 1 saturated carbocycles. The summed E-state index contributed by atoms with van der Waals surface area (Å²) >= 11 is 0. The summed E-state index contributed by atoms with van der Waals surface area (Å²) in [5, 5.41) is 0. The Bertz CT molecular complexity index is 1010. The molecule has 2 atom stereocenters. The van der Waals surface area contributed by atoms with Crippen molar-refractivity contribution >= 4 is 0 Å². The first-order valence-electron chi connectivity index (χ1n) is 11.3. The van der Waals surface area contributed by atoms with Crippen molar-refractivity contribution in [1.82, 2.24) is 0 Å². The lowest BCUT2D eigenvalue weighted by Crippen LogP contribution is -2.53. The topological polar surface area (TPSA) is 0 Å². The van der Waals surface area contributed by atoms with Crippen LogP contribution in [0.4, 0.5) is 0 Å². The van der Waals surface area contributed by atoms with Crippen LogP contribution in [-0.4, -0.2) is 0 Å². The second-order valence-electron chi connectivity index (χ2n) is 8.91. The fourth-order valence-electron chi connectivity index (χ4n) is 6.83. The maximum atomic E-state index is 2.49. The molecule has 0 heteroatoms. The van der Waals surface area contributed by atoms with Gasteiger partial charge < -0.3 is 0 Å². The van der Waals surface area contributed by atoms with E-state index in [1.165, 1.54) is 28.7 Å². The number of benzene rings is 4. The second kappa shape index (κ2) is 7.10. The van der Waals surface area contributed by atoms with Crippen LogP contribution in [0, 0.1) is 11.8 Å². The molecule has 4 aromatic rings. The first-order chi connectivity index (χ1) is 15.4. The summed E-state index contributed by atoms with van der Waals surface area (Å²) in [6.07, 6.45) is 6.16. The Morgan fingerprint density at radius 3 is 0.903 bits per heavy atom. The van der Waals surface area contributed by atoms with E-state index in [1.54, 1.807) is 0 Å². The number of hydrogen-bond acceptors (Lipinski definition) is 0. The van der Waals surface area contributed by atoms with Crippen LogP contribution in [0.5, 0.6) is 0 Å². The Morgan fingerprint density at radius 1 is 0.387 bits per heavy atom. The van der Waals surface area contributed by atoms with Crippen LogP contribution >= 0.6 is 0 Å². The summed E-state index contributed by atoms with van der Waals surface area (Å²) in [6.45, 7) is 0. The second-order valence-corrected chi connectivity index (χ2v) is 8.91. The van der Waals surface area contributed by atoms with Crippen LogP contribution in [0.1, 0.15) is 28.7 Å². The zero-order valence-corrected chi connectivity index (χ0v) is 17.6. The van der Waals surface area contributed by atoms with E-state index >= 15 is 0 Å². The molecule has 150 valence electrons. The molecule has 0 nitrogen and oxygen atoms in total. The summed E-state index contributed by atoms with van der Waals surface area (Å²) in [5.74, 6) is 0.894. The average Bonchev–Trinajstić information content (AvgIpc) is 3.46. The van der Waals surface area contributed by atoms with Crippen molar-refractivity contribution in [3.05, 3.63) is 156 Å². The number of fused-ring (bicyclic) bond motifs is 2.